The van der Waals surface area contributed by atoms with Gasteiger partial charge in [0.25, 0.3) is 0 Å². The first kappa shape index (κ1) is 25.5. The maximum absolute atomic E-state index is 11.9. The predicted molar refractivity (Wildman–Crippen MR) is 131 cm³/mol. The summed E-state index contributed by atoms with van der Waals surface area (Å²) < 4.78 is 0. The summed E-state index contributed by atoms with van der Waals surface area (Å²) in [5.41, 5.74) is 1.64. The molecule has 2 aromatic rings. The average Bonchev–Trinajstić information content (AvgIpc) is 2.69. The molecule has 0 fully saturated rings. The SMILES string of the molecule is O=C(CCSSCCC(=O)NCc1ccc(Cl)cc1Cl)NCc1ccc(Cl)cc1Cl. The highest BCUT2D eigenvalue weighted by atomic mass is 35.5. The third kappa shape index (κ3) is 9.58. The van der Waals surface area contributed by atoms with Crippen LogP contribution in [0.25, 0.3) is 0 Å². The van der Waals surface area contributed by atoms with Gasteiger partial charge in [0.15, 0.2) is 0 Å². The van der Waals surface area contributed by atoms with Crippen molar-refractivity contribution in [1.29, 1.82) is 0 Å². The minimum absolute atomic E-state index is 0.0493. The molecule has 4 nitrogen and oxygen atoms in total. The molecule has 2 aromatic carbocycles. The average molecular weight is 526 g/mol. The highest BCUT2D eigenvalue weighted by Crippen LogP contribution is 2.24. The summed E-state index contributed by atoms with van der Waals surface area (Å²) in [6.45, 7) is 0.731. The van der Waals surface area contributed by atoms with Gasteiger partial charge in [0.1, 0.15) is 0 Å². The van der Waals surface area contributed by atoms with Crippen LogP contribution in [0.1, 0.15) is 24.0 Å². The summed E-state index contributed by atoms with van der Waals surface area (Å²) in [6.07, 6.45) is 0.786. The molecular formula is C20H20Cl4N2O2S2. The summed E-state index contributed by atoms with van der Waals surface area (Å²) in [4.78, 5) is 23.8. The van der Waals surface area contributed by atoms with E-state index in [2.05, 4.69) is 10.6 Å². The Morgan fingerprint density at radius 3 is 1.47 bits per heavy atom. The quantitative estimate of drug-likeness (QED) is 0.263. The van der Waals surface area contributed by atoms with Crippen molar-refractivity contribution in [2.45, 2.75) is 25.9 Å². The van der Waals surface area contributed by atoms with Crippen LogP contribution < -0.4 is 10.6 Å². The van der Waals surface area contributed by atoms with Crippen molar-refractivity contribution in [3.8, 4) is 0 Å². The summed E-state index contributed by atoms with van der Waals surface area (Å²) in [6, 6.07) is 10.4. The van der Waals surface area contributed by atoms with Crippen molar-refractivity contribution in [3.05, 3.63) is 67.6 Å². The highest BCUT2D eigenvalue weighted by molar-refractivity contribution is 8.76. The topological polar surface area (TPSA) is 58.2 Å². The van der Waals surface area contributed by atoms with Gasteiger partial charge in [-0.1, -0.05) is 80.1 Å². The van der Waals surface area contributed by atoms with Crippen LogP contribution in [0.5, 0.6) is 0 Å². The second-order valence-electron chi connectivity index (χ2n) is 6.17. The molecule has 0 saturated carbocycles. The van der Waals surface area contributed by atoms with E-state index in [9.17, 15) is 9.59 Å². The Hall–Kier alpha value is -0.760. The Bertz CT molecular complexity index is 812. The molecule has 2 amide bonds. The maximum Gasteiger partial charge on any atom is 0.221 e. The molecule has 2 rings (SSSR count). The zero-order valence-corrected chi connectivity index (χ0v) is 20.5. The van der Waals surface area contributed by atoms with E-state index in [1.807, 2.05) is 0 Å². The zero-order valence-electron chi connectivity index (χ0n) is 15.9. The number of rotatable bonds is 11. The zero-order chi connectivity index (χ0) is 21.9. The minimum atomic E-state index is -0.0493. The van der Waals surface area contributed by atoms with Crippen LogP contribution in [0, 0.1) is 0 Å². The van der Waals surface area contributed by atoms with Crippen molar-refractivity contribution in [2.75, 3.05) is 11.5 Å². The monoisotopic (exact) mass is 524 g/mol. The number of hydrogen-bond acceptors (Lipinski definition) is 4. The molecule has 0 bridgehead atoms. The smallest absolute Gasteiger partial charge is 0.221 e. The lowest BCUT2D eigenvalue weighted by Gasteiger charge is -2.08. The van der Waals surface area contributed by atoms with E-state index in [1.165, 1.54) is 0 Å². The van der Waals surface area contributed by atoms with Crippen LogP contribution in [0.2, 0.25) is 20.1 Å². The lowest BCUT2D eigenvalue weighted by molar-refractivity contribution is -0.121. The number of carbonyl (C=O) groups is 2. The maximum atomic E-state index is 11.9. The molecule has 10 heteroatoms. The Morgan fingerprint density at radius 1 is 0.700 bits per heavy atom. The van der Waals surface area contributed by atoms with Crippen LogP contribution in [-0.4, -0.2) is 23.3 Å². The van der Waals surface area contributed by atoms with Gasteiger partial charge in [0.2, 0.25) is 11.8 Å². The van der Waals surface area contributed by atoms with Crippen molar-refractivity contribution < 1.29 is 9.59 Å². The fraction of sp³-hybridized carbons (Fsp3) is 0.300. The summed E-state index contributed by atoms with van der Waals surface area (Å²) in [5, 5.41) is 7.86. The summed E-state index contributed by atoms with van der Waals surface area (Å²) in [7, 11) is 3.13. The van der Waals surface area contributed by atoms with Gasteiger partial charge in [-0.3, -0.25) is 9.59 Å². The van der Waals surface area contributed by atoms with Crippen molar-refractivity contribution in [1.82, 2.24) is 10.6 Å². The van der Waals surface area contributed by atoms with E-state index >= 15 is 0 Å². The predicted octanol–water partition coefficient (Wildman–Crippen LogP) is 6.39. The standard InChI is InChI=1S/C20H20Cl4N2O2S2/c21-15-3-1-13(17(23)9-15)11-25-19(27)5-7-29-30-8-6-20(28)26-12-14-2-4-16(22)10-18(14)24/h1-4,9-10H,5-8,11-12H2,(H,25,27)(H,26,28). The van der Waals surface area contributed by atoms with E-state index < -0.39 is 0 Å². The molecule has 30 heavy (non-hydrogen) atoms. The van der Waals surface area contributed by atoms with Crippen molar-refractivity contribution in [3.63, 3.8) is 0 Å². The molecule has 0 heterocycles. The van der Waals surface area contributed by atoms with E-state index in [4.69, 9.17) is 46.4 Å². The lowest BCUT2D eigenvalue weighted by atomic mass is 10.2. The van der Waals surface area contributed by atoms with Crippen LogP contribution in [0.15, 0.2) is 36.4 Å². The van der Waals surface area contributed by atoms with E-state index in [0.29, 0.717) is 57.5 Å². The molecule has 0 aliphatic heterocycles. The van der Waals surface area contributed by atoms with E-state index in [0.717, 1.165) is 11.1 Å². The third-order valence-electron chi connectivity index (χ3n) is 3.89. The first-order chi connectivity index (χ1) is 14.3. The molecule has 0 aliphatic carbocycles. The normalized spacial score (nSPS) is 10.7. The van der Waals surface area contributed by atoms with Crippen LogP contribution in [-0.2, 0) is 22.7 Å². The number of benzene rings is 2. The fourth-order valence-electron chi connectivity index (χ4n) is 2.28. The first-order valence-electron chi connectivity index (χ1n) is 9.01. The molecule has 0 unspecified atom stereocenters. The molecule has 0 radical (unpaired) electrons. The molecular weight excluding hydrogens is 506 g/mol. The minimum Gasteiger partial charge on any atom is -0.352 e. The van der Waals surface area contributed by atoms with Gasteiger partial charge in [-0.15, -0.1) is 0 Å². The largest absolute Gasteiger partial charge is 0.352 e. The number of halogens is 4. The van der Waals surface area contributed by atoms with Crippen LogP contribution in [0.4, 0.5) is 0 Å². The molecule has 2 N–H and O–H groups in total. The Morgan fingerprint density at radius 2 is 1.10 bits per heavy atom. The number of hydrogen-bond donors (Lipinski definition) is 2. The van der Waals surface area contributed by atoms with Crippen LogP contribution >= 0.6 is 68.0 Å². The number of nitrogens with one attached hydrogen (secondary N) is 2. The molecule has 0 atom stereocenters. The number of carbonyl (C=O) groups excluding carboxylic acids is 2. The molecule has 0 spiro atoms. The Labute approximate surface area is 204 Å². The third-order valence-corrected chi connectivity index (χ3v) is 7.47. The molecule has 0 aromatic heterocycles. The van der Waals surface area contributed by atoms with Crippen LogP contribution in [0.3, 0.4) is 0 Å². The van der Waals surface area contributed by atoms with Gasteiger partial charge in [0, 0.05) is 57.5 Å². The molecule has 0 saturated heterocycles. The van der Waals surface area contributed by atoms with Crippen molar-refractivity contribution >= 4 is 79.8 Å². The molecule has 0 aliphatic rings. The highest BCUT2D eigenvalue weighted by Gasteiger charge is 2.07. The van der Waals surface area contributed by atoms with Gasteiger partial charge in [-0.2, -0.15) is 0 Å². The number of amides is 2. The van der Waals surface area contributed by atoms with Crippen molar-refractivity contribution in [2.24, 2.45) is 0 Å². The Kier molecular flexibility index (Phi) is 11.6. The van der Waals surface area contributed by atoms with Gasteiger partial charge >= 0.3 is 0 Å². The summed E-state index contributed by atoms with van der Waals surface area (Å²) in [5.74, 6) is 1.22. The second kappa shape index (κ2) is 13.6. The lowest BCUT2D eigenvalue weighted by Crippen LogP contribution is -2.23. The van der Waals surface area contributed by atoms with E-state index in [1.54, 1.807) is 58.0 Å². The van der Waals surface area contributed by atoms with Gasteiger partial charge < -0.3 is 10.6 Å². The van der Waals surface area contributed by atoms with E-state index in [-0.39, 0.29) is 11.8 Å². The van der Waals surface area contributed by atoms with Gasteiger partial charge in [-0.25, -0.2) is 0 Å². The fourth-order valence-corrected chi connectivity index (χ4v) is 5.21. The summed E-state index contributed by atoms with van der Waals surface area (Å²) >= 11 is 23.9. The second-order valence-corrected chi connectivity index (χ2v) is 10.6. The Balaban J connectivity index is 1.52. The van der Waals surface area contributed by atoms with Gasteiger partial charge in [0.05, 0.1) is 0 Å². The van der Waals surface area contributed by atoms with Gasteiger partial charge in [-0.05, 0) is 35.4 Å². The molecule has 162 valence electrons. The first-order valence-corrected chi connectivity index (χ1v) is 13.0.